The summed E-state index contributed by atoms with van der Waals surface area (Å²) in [5.74, 6) is -4.32. The van der Waals surface area contributed by atoms with E-state index in [0.717, 1.165) is 24.7 Å². The first-order valence-electron chi connectivity index (χ1n) is 4.28. The van der Waals surface area contributed by atoms with Gasteiger partial charge in [0.25, 0.3) is 5.56 Å². The van der Waals surface area contributed by atoms with Gasteiger partial charge in [-0.25, -0.2) is 18.2 Å². The molecule has 0 aliphatic rings. The number of nitrogens with one attached hydrogen (secondary N) is 1. The highest BCUT2D eigenvalue weighted by molar-refractivity contribution is 5.62. The smallest absolute Gasteiger partial charge is 0.258 e. The molecule has 0 fully saturated rings. The van der Waals surface area contributed by atoms with Crippen LogP contribution in [-0.2, 0) is 0 Å². The molecule has 2 aromatic rings. The molecule has 1 N–H and O–H groups in total. The standard InChI is InChI=1S/C10H5F3N2O/c11-7-2-1-5(8(12)9(7)13)6-3-14-4-15-10(6)16/h1-4H,(H,14,15,16). The summed E-state index contributed by atoms with van der Waals surface area (Å²) in [6.07, 6.45) is 2.19. The van der Waals surface area contributed by atoms with Crippen LogP contribution in [0.3, 0.4) is 0 Å². The number of hydrogen-bond donors (Lipinski definition) is 1. The minimum Gasteiger partial charge on any atom is -0.313 e. The van der Waals surface area contributed by atoms with E-state index in [0.29, 0.717) is 0 Å². The number of rotatable bonds is 1. The van der Waals surface area contributed by atoms with Crippen LogP contribution in [0.25, 0.3) is 11.1 Å². The van der Waals surface area contributed by atoms with Crippen molar-refractivity contribution in [1.29, 1.82) is 0 Å². The van der Waals surface area contributed by atoms with Crippen LogP contribution in [0.2, 0.25) is 0 Å². The van der Waals surface area contributed by atoms with Crippen LogP contribution in [-0.4, -0.2) is 9.97 Å². The SMILES string of the molecule is O=c1[nH]cncc1-c1ccc(F)c(F)c1F. The van der Waals surface area contributed by atoms with Crippen LogP contribution in [0, 0.1) is 17.5 Å². The highest BCUT2D eigenvalue weighted by atomic mass is 19.2. The Labute approximate surface area is 87.6 Å². The third-order valence-electron chi connectivity index (χ3n) is 2.04. The fourth-order valence-electron chi connectivity index (χ4n) is 1.27. The highest BCUT2D eigenvalue weighted by Gasteiger charge is 2.16. The number of benzene rings is 1. The van der Waals surface area contributed by atoms with Crippen LogP contribution in [0.4, 0.5) is 13.2 Å². The quantitative estimate of drug-likeness (QED) is 0.754. The summed E-state index contributed by atoms with van der Waals surface area (Å²) in [7, 11) is 0. The first-order chi connectivity index (χ1) is 7.61. The number of halogens is 3. The zero-order chi connectivity index (χ0) is 11.7. The van der Waals surface area contributed by atoms with E-state index in [4.69, 9.17) is 0 Å². The molecule has 0 aliphatic carbocycles. The monoisotopic (exact) mass is 226 g/mol. The van der Waals surface area contributed by atoms with E-state index in [9.17, 15) is 18.0 Å². The van der Waals surface area contributed by atoms with E-state index < -0.39 is 23.0 Å². The number of aromatic amines is 1. The van der Waals surface area contributed by atoms with E-state index in [1.54, 1.807) is 0 Å². The van der Waals surface area contributed by atoms with Gasteiger partial charge in [-0.3, -0.25) is 4.79 Å². The van der Waals surface area contributed by atoms with Gasteiger partial charge in [0.1, 0.15) is 0 Å². The van der Waals surface area contributed by atoms with Gasteiger partial charge in [0, 0.05) is 11.8 Å². The van der Waals surface area contributed by atoms with E-state index in [2.05, 4.69) is 9.97 Å². The summed E-state index contributed by atoms with van der Waals surface area (Å²) < 4.78 is 38.9. The predicted octanol–water partition coefficient (Wildman–Crippen LogP) is 1.85. The van der Waals surface area contributed by atoms with Crippen molar-refractivity contribution < 1.29 is 13.2 Å². The Kier molecular flexibility index (Phi) is 2.47. The molecular weight excluding hydrogens is 221 g/mol. The number of H-pyrrole nitrogens is 1. The Morgan fingerprint density at radius 3 is 2.50 bits per heavy atom. The molecule has 0 spiro atoms. The summed E-state index contributed by atoms with van der Waals surface area (Å²) in [4.78, 5) is 17.1. The molecule has 82 valence electrons. The van der Waals surface area contributed by atoms with Gasteiger partial charge in [0.15, 0.2) is 17.5 Å². The maximum Gasteiger partial charge on any atom is 0.258 e. The minimum atomic E-state index is -1.61. The largest absolute Gasteiger partial charge is 0.313 e. The zero-order valence-corrected chi connectivity index (χ0v) is 7.80. The topological polar surface area (TPSA) is 45.8 Å². The third-order valence-corrected chi connectivity index (χ3v) is 2.04. The van der Waals surface area contributed by atoms with Crippen LogP contribution in [0.5, 0.6) is 0 Å². The molecule has 1 heterocycles. The van der Waals surface area contributed by atoms with Crippen molar-refractivity contribution in [2.75, 3.05) is 0 Å². The van der Waals surface area contributed by atoms with E-state index in [1.807, 2.05) is 0 Å². The predicted molar refractivity (Wildman–Crippen MR) is 50.2 cm³/mol. The molecule has 0 saturated carbocycles. The second-order valence-electron chi connectivity index (χ2n) is 3.02. The molecule has 0 bridgehead atoms. The minimum absolute atomic E-state index is 0.154. The molecule has 1 aromatic carbocycles. The van der Waals surface area contributed by atoms with Crippen molar-refractivity contribution in [3.05, 3.63) is 52.5 Å². The summed E-state index contributed by atoms with van der Waals surface area (Å²) in [6, 6.07) is 1.74. The molecule has 2 rings (SSSR count). The van der Waals surface area contributed by atoms with Crippen LogP contribution in [0.15, 0.2) is 29.5 Å². The Morgan fingerprint density at radius 1 is 1.06 bits per heavy atom. The average Bonchev–Trinajstić information content (AvgIpc) is 2.28. The molecule has 6 heteroatoms. The van der Waals surface area contributed by atoms with Crippen molar-refractivity contribution in [2.24, 2.45) is 0 Å². The molecule has 0 saturated heterocycles. The summed E-state index contributed by atoms with van der Waals surface area (Å²) in [6.45, 7) is 0. The first-order valence-corrected chi connectivity index (χ1v) is 4.28. The Hall–Kier alpha value is -2.11. The average molecular weight is 226 g/mol. The lowest BCUT2D eigenvalue weighted by Crippen LogP contribution is -2.10. The Bertz CT molecular complexity index is 595. The lowest BCUT2D eigenvalue weighted by molar-refractivity contribution is 0.449. The maximum atomic E-state index is 13.3. The maximum absolute atomic E-state index is 13.3. The molecule has 0 radical (unpaired) electrons. The molecular formula is C10H5F3N2O. The van der Waals surface area contributed by atoms with Crippen LogP contribution < -0.4 is 5.56 Å². The normalized spacial score (nSPS) is 10.4. The zero-order valence-electron chi connectivity index (χ0n) is 7.80. The molecule has 0 aliphatic heterocycles. The number of hydrogen-bond acceptors (Lipinski definition) is 2. The van der Waals surface area contributed by atoms with E-state index >= 15 is 0 Å². The van der Waals surface area contributed by atoms with Crippen molar-refractivity contribution >= 4 is 0 Å². The van der Waals surface area contributed by atoms with Crippen molar-refractivity contribution in [3.63, 3.8) is 0 Å². The van der Waals surface area contributed by atoms with E-state index in [1.165, 1.54) is 0 Å². The van der Waals surface area contributed by atoms with Gasteiger partial charge >= 0.3 is 0 Å². The Balaban J connectivity index is 2.71. The summed E-state index contributed by atoms with van der Waals surface area (Å²) in [5, 5.41) is 0. The van der Waals surface area contributed by atoms with Gasteiger partial charge in [-0.15, -0.1) is 0 Å². The molecule has 1 aromatic heterocycles. The van der Waals surface area contributed by atoms with E-state index in [-0.39, 0.29) is 11.1 Å². The molecule has 0 amide bonds. The fourth-order valence-corrected chi connectivity index (χ4v) is 1.27. The summed E-state index contributed by atoms with van der Waals surface area (Å²) >= 11 is 0. The molecule has 0 unspecified atom stereocenters. The number of nitrogens with zero attached hydrogens (tertiary/aromatic N) is 1. The van der Waals surface area contributed by atoms with Gasteiger partial charge in [0.05, 0.1) is 11.9 Å². The van der Waals surface area contributed by atoms with Crippen LogP contribution >= 0.6 is 0 Å². The first kappa shape index (κ1) is 10.4. The van der Waals surface area contributed by atoms with Gasteiger partial charge in [0.2, 0.25) is 0 Å². The number of aromatic nitrogens is 2. The van der Waals surface area contributed by atoms with Crippen molar-refractivity contribution in [3.8, 4) is 11.1 Å². The molecule has 3 nitrogen and oxygen atoms in total. The van der Waals surface area contributed by atoms with Gasteiger partial charge < -0.3 is 4.98 Å². The van der Waals surface area contributed by atoms with Crippen molar-refractivity contribution in [2.45, 2.75) is 0 Å². The Morgan fingerprint density at radius 2 is 1.81 bits per heavy atom. The van der Waals surface area contributed by atoms with Gasteiger partial charge in [-0.1, -0.05) is 0 Å². The second-order valence-corrected chi connectivity index (χ2v) is 3.02. The summed E-state index contributed by atoms with van der Waals surface area (Å²) in [5.41, 5.74) is -1.10. The van der Waals surface area contributed by atoms with Gasteiger partial charge in [-0.05, 0) is 12.1 Å². The molecule has 16 heavy (non-hydrogen) atoms. The van der Waals surface area contributed by atoms with Crippen LogP contribution in [0.1, 0.15) is 0 Å². The molecule has 0 atom stereocenters. The fraction of sp³-hybridized carbons (Fsp3) is 0. The highest BCUT2D eigenvalue weighted by Crippen LogP contribution is 2.22. The lowest BCUT2D eigenvalue weighted by atomic mass is 10.1. The van der Waals surface area contributed by atoms with Gasteiger partial charge in [-0.2, -0.15) is 0 Å². The van der Waals surface area contributed by atoms with Crippen molar-refractivity contribution in [1.82, 2.24) is 9.97 Å². The second kappa shape index (κ2) is 3.80. The lowest BCUT2D eigenvalue weighted by Gasteiger charge is -2.02. The third kappa shape index (κ3) is 1.58.